The van der Waals surface area contributed by atoms with Gasteiger partial charge >= 0.3 is 6.09 Å². The Labute approximate surface area is 124 Å². The first kappa shape index (κ1) is 13.8. The quantitative estimate of drug-likeness (QED) is 0.776. The van der Waals surface area contributed by atoms with Gasteiger partial charge in [0.1, 0.15) is 11.8 Å². The van der Waals surface area contributed by atoms with E-state index >= 15 is 0 Å². The van der Waals surface area contributed by atoms with Gasteiger partial charge in [-0.25, -0.2) is 9.89 Å². The molecule has 8 heteroatoms. The minimum Gasteiger partial charge on any atom is -0.439 e. The number of nitrogens with one attached hydrogen (secondary N) is 3. The van der Waals surface area contributed by atoms with Gasteiger partial charge < -0.3 is 15.4 Å². The monoisotopic (exact) mass is 300 g/mol. The van der Waals surface area contributed by atoms with E-state index in [1.54, 1.807) is 24.3 Å². The lowest BCUT2D eigenvalue weighted by Gasteiger charge is -2.09. The molecule has 0 aliphatic carbocycles. The molecule has 1 aromatic heterocycles. The molecule has 1 aliphatic heterocycles. The highest BCUT2D eigenvalue weighted by atomic mass is 16.6. The summed E-state index contributed by atoms with van der Waals surface area (Å²) in [5, 5.41) is 11.1. The van der Waals surface area contributed by atoms with E-state index < -0.39 is 12.0 Å². The van der Waals surface area contributed by atoms with Gasteiger partial charge in [-0.05, 0) is 23.8 Å². The average Bonchev–Trinajstić information content (AvgIpc) is 2.95. The Morgan fingerprint density at radius 1 is 1.18 bits per heavy atom. The van der Waals surface area contributed by atoms with Crippen LogP contribution < -0.4 is 16.2 Å². The summed E-state index contributed by atoms with van der Waals surface area (Å²) < 4.78 is 5.07. The molecule has 2 aromatic rings. The molecule has 1 fully saturated rings. The Morgan fingerprint density at radius 2 is 1.95 bits per heavy atom. The maximum absolute atomic E-state index is 11.9. The Morgan fingerprint density at radius 3 is 2.55 bits per heavy atom. The standard InChI is InChI=1S/C14H12N4O4/c19-12-6-5-10(17-18-12)13(20)16-9-3-1-8(2-4-9)11-7-15-14(21)22-11/h1-6,11H,7H2,(H,15,21)(H,16,20)(H,18,19). The van der Waals surface area contributed by atoms with Gasteiger partial charge in [-0.1, -0.05) is 12.1 Å². The number of anilines is 1. The van der Waals surface area contributed by atoms with Crippen LogP contribution in [0.5, 0.6) is 0 Å². The highest BCUT2D eigenvalue weighted by molar-refractivity contribution is 6.02. The first-order valence-corrected chi connectivity index (χ1v) is 6.53. The third-order valence-electron chi connectivity index (χ3n) is 3.13. The molecular weight excluding hydrogens is 288 g/mol. The maximum atomic E-state index is 11.9. The van der Waals surface area contributed by atoms with E-state index in [9.17, 15) is 14.4 Å². The molecule has 1 unspecified atom stereocenters. The van der Waals surface area contributed by atoms with Crippen molar-refractivity contribution in [2.24, 2.45) is 0 Å². The van der Waals surface area contributed by atoms with Gasteiger partial charge in [-0.3, -0.25) is 9.59 Å². The maximum Gasteiger partial charge on any atom is 0.407 e. The zero-order valence-corrected chi connectivity index (χ0v) is 11.3. The molecule has 1 saturated heterocycles. The van der Waals surface area contributed by atoms with Crippen molar-refractivity contribution in [3.05, 3.63) is 58.0 Å². The molecule has 8 nitrogen and oxygen atoms in total. The van der Waals surface area contributed by atoms with E-state index in [0.29, 0.717) is 12.2 Å². The van der Waals surface area contributed by atoms with Crippen LogP contribution in [0.3, 0.4) is 0 Å². The van der Waals surface area contributed by atoms with Gasteiger partial charge in [-0.2, -0.15) is 5.10 Å². The van der Waals surface area contributed by atoms with Gasteiger partial charge in [0.05, 0.1) is 6.54 Å². The van der Waals surface area contributed by atoms with Crippen LogP contribution in [0, 0.1) is 0 Å². The van der Waals surface area contributed by atoms with E-state index in [1.807, 2.05) is 0 Å². The molecule has 2 amide bonds. The van der Waals surface area contributed by atoms with Gasteiger partial charge in [0, 0.05) is 11.8 Å². The van der Waals surface area contributed by atoms with Gasteiger partial charge in [0.2, 0.25) is 0 Å². The normalized spacial score (nSPS) is 16.7. The van der Waals surface area contributed by atoms with Gasteiger partial charge in [0.25, 0.3) is 11.5 Å². The number of rotatable bonds is 3. The largest absolute Gasteiger partial charge is 0.439 e. The van der Waals surface area contributed by atoms with Crippen LogP contribution in [-0.2, 0) is 4.74 Å². The summed E-state index contributed by atoms with van der Waals surface area (Å²) in [5.74, 6) is -0.432. The fraction of sp³-hybridized carbons (Fsp3) is 0.143. The highest BCUT2D eigenvalue weighted by Gasteiger charge is 2.23. The molecule has 1 atom stereocenters. The first-order valence-electron chi connectivity index (χ1n) is 6.53. The second kappa shape index (κ2) is 5.68. The molecule has 0 saturated carbocycles. The minimum absolute atomic E-state index is 0.109. The third kappa shape index (κ3) is 2.95. The van der Waals surface area contributed by atoms with Crippen LogP contribution in [0.4, 0.5) is 10.5 Å². The summed E-state index contributed by atoms with van der Waals surface area (Å²) >= 11 is 0. The van der Waals surface area contributed by atoms with Gasteiger partial charge in [-0.15, -0.1) is 0 Å². The summed E-state index contributed by atoms with van der Waals surface area (Å²) in [6.45, 7) is 0.422. The van der Waals surface area contributed by atoms with E-state index in [4.69, 9.17) is 4.74 Å². The predicted molar refractivity (Wildman–Crippen MR) is 76.5 cm³/mol. The molecule has 1 aliphatic rings. The van der Waals surface area contributed by atoms with Crippen molar-refractivity contribution in [2.75, 3.05) is 11.9 Å². The van der Waals surface area contributed by atoms with Crippen LogP contribution >= 0.6 is 0 Å². The molecule has 3 N–H and O–H groups in total. The Kier molecular flexibility index (Phi) is 3.57. The second-order valence-corrected chi connectivity index (χ2v) is 4.66. The summed E-state index contributed by atoms with van der Waals surface area (Å²) in [6, 6.07) is 9.50. The lowest BCUT2D eigenvalue weighted by Crippen LogP contribution is -2.17. The van der Waals surface area contributed by atoms with Crippen molar-refractivity contribution < 1.29 is 14.3 Å². The van der Waals surface area contributed by atoms with E-state index in [1.165, 1.54) is 12.1 Å². The molecule has 2 heterocycles. The molecule has 112 valence electrons. The lowest BCUT2D eigenvalue weighted by molar-refractivity contribution is 0.102. The zero-order chi connectivity index (χ0) is 15.5. The number of hydrogen-bond donors (Lipinski definition) is 3. The van der Waals surface area contributed by atoms with Crippen molar-refractivity contribution in [1.29, 1.82) is 0 Å². The smallest absolute Gasteiger partial charge is 0.407 e. The topological polar surface area (TPSA) is 113 Å². The van der Waals surface area contributed by atoms with Crippen LogP contribution in [0.2, 0.25) is 0 Å². The van der Waals surface area contributed by atoms with Crippen molar-refractivity contribution >= 4 is 17.7 Å². The summed E-state index contributed by atoms with van der Waals surface area (Å²) in [6.07, 6.45) is -0.760. The van der Waals surface area contributed by atoms with Crippen molar-refractivity contribution in [3.63, 3.8) is 0 Å². The lowest BCUT2D eigenvalue weighted by atomic mass is 10.1. The van der Waals surface area contributed by atoms with Gasteiger partial charge in [0.15, 0.2) is 0 Å². The Bertz CT molecular complexity index is 749. The van der Waals surface area contributed by atoms with Crippen LogP contribution in [0.15, 0.2) is 41.2 Å². The van der Waals surface area contributed by atoms with Crippen molar-refractivity contribution in [2.45, 2.75) is 6.10 Å². The number of hydrogen-bond acceptors (Lipinski definition) is 5. The number of nitrogens with zero attached hydrogens (tertiary/aromatic N) is 1. The van der Waals surface area contributed by atoms with E-state index in [-0.39, 0.29) is 17.4 Å². The Balaban J connectivity index is 1.68. The molecular formula is C14H12N4O4. The molecule has 0 radical (unpaired) electrons. The summed E-state index contributed by atoms with van der Waals surface area (Å²) in [4.78, 5) is 33.8. The van der Waals surface area contributed by atoms with Crippen molar-refractivity contribution in [1.82, 2.24) is 15.5 Å². The number of amides is 2. The number of aromatic nitrogens is 2. The summed E-state index contributed by atoms with van der Waals surface area (Å²) in [7, 11) is 0. The molecule has 1 aromatic carbocycles. The fourth-order valence-electron chi connectivity index (χ4n) is 2.02. The number of cyclic esters (lactones) is 1. The molecule has 0 bridgehead atoms. The van der Waals surface area contributed by atoms with Crippen LogP contribution in [0.1, 0.15) is 22.2 Å². The van der Waals surface area contributed by atoms with E-state index in [2.05, 4.69) is 20.8 Å². The Hall–Kier alpha value is -3.16. The predicted octanol–water partition coefficient (Wildman–Crippen LogP) is 0.803. The van der Waals surface area contributed by atoms with Crippen LogP contribution in [-0.4, -0.2) is 28.7 Å². The number of alkyl carbamates (subject to hydrolysis) is 1. The number of carbonyl (C=O) groups excluding carboxylic acids is 2. The molecule has 0 spiro atoms. The van der Waals surface area contributed by atoms with E-state index in [0.717, 1.165) is 5.56 Å². The first-order chi connectivity index (χ1) is 10.6. The third-order valence-corrected chi connectivity index (χ3v) is 3.13. The molecule has 22 heavy (non-hydrogen) atoms. The summed E-state index contributed by atoms with van der Waals surface area (Å²) in [5.41, 5.74) is 1.13. The number of ether oxygens (including phenoxy) is 1. The number of H-pyrrole nitrogens is 1. The minimum atomic E-state index is -0.438. The molecule has 3 rings (SSSR count). The average molecular weight is 300 g/mol. The number of benzene rings is 1. The van der Waals surface area contributed by atoms with Crippen molar-refractivity contribution in [3.8, 4) is 0 Å². The zero-order valence-electron chi connectivity index (χ0n) is 11.3. The number of carbonyl (C=O) groups is 2. The number of aromatic amines is 1. The SMILES string of the molecule is O=C1NCC(c2ccc(NC(=O)c3ccc(=O)[nH]n3)cc2)O1. The second-order valence-electron chi connectivity index (χ2n) is 4.66. The van der Waals surface area contributed by atoms with Crippen LogP contribution in [0.25, 0.3) is 0 Å². The highest BCUT2D eigenvalue weighted by Crippen LogP contribution is 2.22. The fourth-order valence-corrected chi connectivity index (χ4v) is 2.02.